The third-order valence-electron chi connectivity index (χ3n) is 4.15. The molecule has 23 heavy (non-hydrogen) atoms. The maximum absolute atomic E-state index is 5.73. The van der Waals surface area contributed by atoms with Crippen molar-refractivity contribution in [3.63, 3.8) is 0 Å². The summed E-state index contributed by atoms with van der Waals surface area (Å²) in [5.41, 5.74) is 2.43. The summed E-state index contributed by atoms with van der Waals surface area (Å²) in [6, 6.07) is 18.7. The average molecular weight is 305 g/mol. The Morgan fingerprint density at radius 1 is 0.957 bits per heavy atom. The van der Waals surface area contributed by atoms with Gasteiger partial charge < -0.3 is 14.2 Å². The fourth-order valence-corrected chi connectivity index (χ4v) is 2.98. The highest BCUT2D eigenvalue weighted by atomic mass is 16.5. The van der Waals surface area contributed by atoms with Crippen molar-refractivity contribution in [2.45, 2.75) is 13.1 Å². The maximum atomic E-state index is 5.73. The molecule has 4 nitrogen and oxygen atoms in total. The van der Waals surface area contributed by atoms with E-state index in [9.17, 15) is 0 Å². The molecule has 0 unspecified atom stereocenters. The highest BCUT2D eigenvalue weighted by Crippen LogP contribution is 2.31. The summed E-state index contributed by atoms with van der Waals surface area (Å²) in [7, 11) is 0. The predicted molar refractivity (Wildman–Crippen MR) is 90.8 cm³/mol. The molecule has 2 aromatic carbocycles. The molecule has 116 valence electrons. The molecule has 0 N–H and O–H groups in total. The van der Waals surface area contributed by atoms with Gasteiger partial charge >= 0.3 is 0 Å². The second kappa shape index (κ2) is 6.16. The molecule has 0 fully saturated rings. The molecule has 0 aliphatic carbocycles. The van der Waals surface area contributed by atoms with Gasteiger partial charge in [0.25, 0.3) is 0 Å². The van der Waals surface area contributed by atoms with Gasteiger partial charge in [-0.3, -0.25) is 0 Å². The van der Waals surface area contributed by atoms with Crippen LogP contribution in [0.3, 0.4) is 0 Å². The van der Waals surface area contributed by atoms with Crippen LogP contribution in [0.4, 0.5) is 5.69 Å². The SMILES string of the molecule is c1ccc(Cn2ccnc2CN2CCOc3ccccc32)cc1. The number of fused-ring (bicyclic) bond motifs is 1. The van der Waals surface area contributed by atoms with Gasteiger partial charge in [0.2, 0.25) is 0 Å². The number of nitrogens with zero attached hydrogens (tertiary/aromatic N) is 3. The van der Waals surface area contributed by atoms with E-state index < -0.39 is 0 Å². The summed E-state index contributed by atoms with van der Waals surface area (Å²) < 4.78 is 7.95. The predicted octanol–water partition coefficient (Wildman–Crippen LogP) is 3.33. The maximum Gasteiger partial charge on any atom is 0.142 e. The van der Waals surface area contributed by atoms with Gasteiger partial charge in [-0.05, 0) is 17.7 Å². The number of aromatic nitrogens is 2. The van der Waals surface area contributed by atoms with Crippen molar-refractivity contribution >= 4 is 5.69 Å². The van der Waals surface area contributed by atoms with E-state index in [-0.39, 0.29) is 0 Å². The topological polar surface area (TPSA) is 30.3 Å². The Morgan fingerprint density at radius 2 is 1.78 bits per heavy atom. The standard InChI is InChI=1S/C19H19N3O/c1-2-6-16(7-3-1)14-22-11-10-20-19(22)15-21-12-13-23-18-9-5-4-8-17(18)21/h1-11H,12-15H2. The molecular weight excluding hydrogens is 286 g/mol. The van der Waals surface area contributed by atoms with Crippen LogP contribution in [0.1, 0.15) is 11.4 Å². The van der Waals surface area contributed by atoms with Crippen LogP contribution in [-0.2, 0) is 13.1 Å². The van der Waals surface area contributed by atoms with Crippen molar-refractivity contribution < 1.29 is 4.74 Å². The van der Waals surface area contributed by atoms with E-state index in [1.165, 1.54) is 5.56 Å². The van der Waals surface area contributed by atoms with Gasteiger partial charge in [0.1, 0.15) is 18.2 Å². The lowest BCUT2D eigenvalue weighted by Gasteiger charge is -2.31. The van der Waals surface area contributed by atoms with Crippen LogP contribution in [0.2, 0.25) is 0 Å². The summed E-state index contributed by atoms with van der Waals surface area (Å²) in [6.45, 7) is 3.24. The number of ether oxygens (including phenoxy) is 1. The lowest BCUT2D eigenvalue weighted by atomic mass is 10.2. The Labute approximate surface area is 136 Å². The van der Waals surface area contributed by atoms with Crippen LogP contribution in [-0.4, -0.2) is 22.7 Å². The number of anilines is 1. The molecule has 0 amide bonds. The summed E-state index contributed by atoms with van der Waals surface area (Å²) >= 11 is 0. The first kappa shape index (κ1) is 13.9. The van der Waals surface area contributed by atoms with Crippen molar-refractivity contribution in [3.05, 3.63) is 78.4 Å². The molecule has 1 aliphatic rings. The Morgan fingerprint density at radius 3 is 2.70 bits per heavy atom. The molecule has 0 radical (unpaired) electrons. The Kier molecular flexibility index (Phi) is 3.72. The monoisotopic (exact) mass is 305 g/mol. The molecule has 0 spiro atoms. The highest BCUT2D eigenvalue weighted by molar-refractivity contribution is 5.59. The van der Waals surface area contributed by atoms with Crippen LogP contribution in [0, 0.1) is 0 Å². The molecular formula is C19H19N3O. The first-order valence-electron chi connectivity index (χ1n) is 7.91. The van der Waals surface area contributed by atoms with Gasteiger partial charge in [0.05, 0.1) is 18.8 Å². The van der Waals surface area contributed by atoms with Crippen LogP contribution < -0.4 is 9.64 Å². The zero-order valence-electron chi connectivity index (χ0n) is 12.9. The van der Waals surface area contributed by atoms with Gasteiger partial charge in [-0.2, -0.15) is 0 Å². The first-order valence-corrected chi connectivity index (χ1v) is 7.91. The fourth-order valence-electron chi connectivity index (χ4n) is 2.98. The summed E-state index contributed by atoms with van der Waals surface area (Å²) in [6.07, 6.45) is 3.93. The van der Waals surface area contributed by atoms with Crippen molar-refractivity contribution in [1.82, 2.24) is 9.55 Å². The van der Waals surface area contributed by atoms with E-state index in [0.29, 0.717) is 0 Å². The zero-order valence-corrected chi connectivity index (χ0v) is 12.9. The van der Waals surface area contributed by atoms with E-state index in [2.05, 4.69) is 57.0 Å². The Balaban J connectivity index is 1.56. The summed E-state index contributed by atoms with van der Waals surface area (Å²) in [4.78, 5) is 6.90. The van der Waals surface area contributed by atoms with E-state index >= 15 is 0 Å². The molecule has 0 saturated heterocycles. The van der Waals surface area contributed by atoms with Crippen LogP contribution in [0.5, 0.6) is 5.75 Å². The number of rotatable bonds is 4. The number of hydrogen-bond donors (Lipinski definition) is 0. The molecule has 2 heterocycles. The number of hydrogen-bond acceptors (Lipinski definition) is 3. The average Bonchev–Trinajstić information content (AvgIpc) is 3.03. The van der Waals surface area contributed by atoms with Crippen LogP contribution in [0.25, 0.3) is 0 Å². The first-order chi connectivity index (χ1) is 11.4. The van der Waals surface area contributed by atoms with E-state index in [1.54, 1.807) is 0 Å². The van der Waals surface area contributed by atoms with Crippen LogP contribution >= 0.6 is 0 Å². The third kappa shape index (κ3) is 2.93. The minimum Gasteiger partial charge on any atom is -0.490 e. The van der Waals surface area contributed by atoms with Gasteiger partial charge in [-0.25, -0.2) is 4.98 Å². The molecule has 4 rings (SSSR count). The Bertz CT molecular complexity index is 782. The van der Waals surface area contributed by atoms with E-state index in [0.717, 1.165) is 43.5 Å². The van der Waals surface area contributed by atoms with E-state index in [4.69, 9.17) is 4.74 Å². The number of para-hydroxylation sites is 2. The van der Waals surface area contributed by atoms with Crippen LogP contribution in [0.15, 0.2) is 67.0 Å². The molecule has 1 aromatic heterocycles. The molecule has 1 aliphatic heterocycles. The zero-order chi connectivity index (χ0) is 15.5. The minimum atomic E-state index is 0.719. The fraction of sp³-hybridized carbons (Fsp3) is 0.211. The molecule has 4 heteroatoms. The molecule has 0 bridgehead atoms. The van der Waals surface area contributed by atoms with Crippen molar-refractivity contribution in [2.75, 3.05) is 18.1 Å². The van der Waals surface area contributed by atoms with E-state index in [1.807, 2.05) is 24.4 Å². The number of imidazole rings is 1. The molecule has 3 aromatic rings. The normalized spacial score (nSPS) is 13.5. The van der Waals surface area contributed by atoms with Crippen molar-refractivity contribution in [1.29, 1.82) is 0 Å². The molecule has 0 atom stereocenters. The molecule has 0 saturated carbocycles. The minimum absolute atomic E-state index is 0.719. The highest BCUT2D eigenvalue weighted by Gasteiger charge is 2.19. The summed E-state index contributed by atoms with van der Waals surface area (Å²) in [5.74, 6) is 2.03. The summed E-state index contributed by atoms with van der Waals surface area (Å²) in [5, 5.41) is 0. The second-order valence-corrected chi connectivity index (χ2v) is 5.69. The quantitative estimate of drug-likeness (QED) is 0.740. The van der Waals surface area contributed by atoms with Gasteiger partial charge in [-0.15, -0.1) is 0 Å². The third-order valence-corrected chi connectivity index (χ3v) is 4.15. The lowest BCUT2D eigenvalue weighted by molar-refractivity contribution is 0.306. The van der Waals surface area contributed by atoms with Gasteiger partial charge in [0, 0.05) is 18.9 Å². The van der Waals surface area contributed by atoms with Crippen molar-refractivity contribution in [3.8, 4) is 5.75 Å². The smallest absolute Gasteiger partial charge is 0.142 e. The van der Waals surface area contributed by atoms with Gasteiger partial charge in [0.15, 0.2) is 0 Å². The number of benzene rings is 2. The largest absolute Gasteiger partial charge is 0.490 e. The Hall–Kier alpha value is -2.75. The van der Waals surface area contributed by atoms with Crippen molar-refractivity contribution in [2.24, 2.45) is 0 Å². The lowest BCUT2D eigenvalue weighted by Crippen LogP contribution is -2.33. The van der Waals surface area contributed by atoms with Gasteiger partial charge in [-0.1, -0.05) is 42.5 Å². The second-order valence-electron chi connectivity index (χ2n) is 5.69.